The Morgan fingerprint density at radius 2 is 1.46 bits per heavy atom. The topological polar surface area (TPSA) is 0 Å². The Hall–Kier alpha value is 0. The molecule has 0 radical (unpaired) electrons. The van der Waals surface area contributed by atoms with Crippen LogP contribution in [0.2, 0.25) is 0 Å². The van der Waals surface area contributed by atoms with Crippen molar-refractivity contribution >= 4 is 0 Å². The number of rotatable bonds is 0. The Bertz CT molecular complexity index is 173. The Morgan fingerprint density at radius 1 is 0.692 bits per heavy atom. The smallest absolute Gasteiger partial charge is 0.0355 e. The lowest BCUT2D eigenvalue weighted by atomic mass is 9.59. The van der Waals surface area contributed by atoms with E-state index in [0.29, 0.717) is 0 Å². The predicted octanol–water partition coefficient (Wildman–Crippen LogP) is 4.10. The maximum absolute atomic E-state index is 2.50. The maximum Gasteiger partial charge on any atom is -0.0355 e. The first-order valence-corrected chi connectivity index (χ1v) is 6.20. The van der Waals surface area contributed by atoms with Gasteiger partial charge in [-0.25, -0.2) is 0 Å². The van der Waals surface area contributed by atoms with E-state index in [1.165, 1.54) is 32.1 Å². The van der Waals surface area contributed by atoms with E-state index in [1.54, 1.807) is 0 Å². The van der Waals surface area contributed by atoms with E-state index in [1.807, 2.05) is 0 Å². The van der Waals surface area contributed by atoms with E-state index in [9.17, 15) is 0 Å². The van der Waals surface area contributed by atoms with E-state index >= 15 is 0 Å². The Labute approximate surface area is 83.1 Å². The second kappa shape index (κ2) is 3.63. The van der Waals surface area contributed by atoms with Crippen LogP contribution < -0.4 is 0 Å². The summed E-state index contributed by atoms with van der Waals surface area (Å²) in [5.41, 5.74) is 0. The Morgan fingerprint density at radius 3 is 2.23 bits per heavy atom. The largest absolute Gasteiger partial charge is 0.0622 e. The van der Waals surface area contributed by atoms with Crippen molar-refractivity contribution in [2.45, 2.75) is 52.9 Å². The fraction of sp³-hybridized carbons (Fsp3) is 1.00. The molecule has 0 amide bonds. The average molecular weight is 180 g/mol. The lowest BCUT2D eigenvalue weighted by molar-refractivity contribution is 0.0379. The molecule has 0 aromatic rings. The highest BCUT2D eigenvalue weighted by Crippen LogP contribution is 2.48. The second-order valence-corrected chi connectivity index (χ2v) is 5.65. The summed E-state index contributed by atoms with van der Waals surface area (Å²) in [6, 6.07) is 0. The zero-order valence-corrected chi connectivity index (χ0v) is 9.42. The standard InChI is InChI=1S/C13H24/c1-9-7-8-12-10(2)5-4-6-13(12)11(9)3/h9-13H,4-8H2,1-3H3. The summed E-state index contributed by atoms with van der Waals surface area (Å²) in [6.07, 6.45) is 7.55. The van der Waals surface area contributed by atoms with Crippen molar-refractivity contribution in [3.8, 4) is 0 Å². The molecule has 2 fully saturated rings. The van der Waals surface area contributed by atoms with Crippen LogP contribution in [-0.4, -0.2) is 0 Å². The van der Waals surface area contributed by atoms with Crippen LogP contribution >= 0.6 is 0 Å². The molecule has 0 nitrogen and oxygen atoms in total. The van der Waals surface area contributed by atoms with Crippen molar-refractivity contribution in [3.05, 3.63) is 0 Å². The van der Waals surface area contributed by atoms with Crippen molar-refractivity contribution in [1.29, 1.82) is 0 Å². The lowest BCUT2D eigenvalue weighted by Crippen LogP contribution is -2.37. The van der Waals surface area contributed by atoms with Crippen LogP contribution in [0, 0.1) is 29.6 Å². The number of fused-ring (bicyclic) bond motifs is 1. The summed E-state index contributed by atoms with van der Waals surface area (Å²) < 4.78 is 0. The molecule has 5 unspecified atom stereocenters. The summed E-state index contributed by atoms with van der Waals surface area (Å²) in [6.45, 7) is 7.44. The average Bonchev–Trinajstić information content (AvgIpc) is 2.12. The minimum Gasteiger partial charge on any atom is -0.0622 e. The van der Waals surface area contributed by atoms with E-state index in [-0.39, 0.29) is 0 Å². The first kappa shape index (κ1) is 9.55. The number of hydrogen-bond acceptors (Lipinski definition) is 0. The highest BCUT2D eigenvalue weighted by molar-refractivity contribution is 4.88. The third-order valence-electron chi connectivity index (χ3n) is 5.01. The van der Waals surface area contributed by atoms with Crippen molar-refractivity contribution in [2.24, 2.45) is 29.6 Å². The molecule has 5 atom stereocenters. The molecule has 0 heterocycles. The van der Waals surface area contributed by atoms with Gasteiger partial charge in [0.05, 0.1) is 0 Å². The third-order valence-corrected chi connectivity index (χ3v) is 5.01. The van der Waals surface area contributed by atoms with Crippen molar-refractivity contribution in [3.63, 3.8) is 0 Å². The SMILES string of the molecule is CC1CCC2C(C)CCCC2C1C. The second-order valence-electron chi connectivity index (χ2n) is 5.65. The van der Waals surface area contributed by atoms with Gasteiger partial charge < -0.3 is 0 Å². The molecule has 0 aromatic carbocycles. The summed E-state index contributed by atoms with van der Waals surface area (Å²) in [5, 5.41) is 0. The number of hydrogen-bond donors (Lipinski definition) is 0. The van der Waals surface area contributed by atoms with Gasteiger partial charge in [0.25, 0.3) is 0 Å². The summed E-state index contributed by atoms with van der Waals surface area (Å²) in [7, 11) is 0. The van der Waals surface area contributed by atoms with E-state index in [0.717, 1.165) is 29.6 Å². The maximum atomic E-state index is 2.50. The zero-order chi connectivity index (χ0) is 9.42. The highest BCUT2D eigenvalue weighted by Gasteiger charge is 2.38. The molecule has 2 aliphatic carbocycles. The predicted molar refractivity (Wildman–Crippen MR) is 57.6 cm³/mol. The lowest BCUT2D eigenvalue weighted by Gasteiger charge is -2.46. The quantitative estimate of drug-likeness (QED) is 0.526. The van der Waals surface area contributed by atoms with Crippen LogP contribution in [0.3, 0.4) is 0 Å². The van der Waals surface area contributed by atoms with E-state index < -0.39 is 0 Å². The molecule has 0 saturated heterocycles. The van der Waals surface area contributed by atoms with Crippen LogP contribution in [0.15, 0.2) is 0 Å². The Kier molecular flexibility index (Phi) is 2.67. The normalized spacial score (nSPS) is 51.5. The molecule has 0 N–H and O–H groups in total. The summed E-state index contributed by atoms with van der Waals surface area (Å²) >= 11 is 0. The van der Waals surface area contributed by atoms with Gasteiger partial charge in [0.1, 0.15) is 0 Å². The zero-order valence-electron chi connectivity index (χ0n) is 9.42. The van der Waals surface area contributed by atoms with Gasteiger partial charge in [-0.3, -0.25) is 0 Å². The monoisotopic (exact) mass is 180 g/mol. The fourth-order valence-corrected chi connectivity index (χ4v) is 3.82. The minimum atomic E-state index is 0.992. The fourth-order valence-electron chi connectivity index (χ4n) is 3.82. The Balaban J connectivity index is 2.08. The molecule has 2 saturated carbocycles. The molecule has 2 rings (SSSR count). The van der Waals surface area contributed by atoms with Crippen molar-refractivity contribution < 1.29 is 0 Å². The van der Waals surface area contributed by atoms with Crippen LogP contribution in [-0.2, 0) is 0 Å². The molecular weight excluding hydrogens is 156 g/mol. The summed E-state index contributed by atoms with van der Waals surface area (Å²) in [4.78, 5) is 0. The van der Waals surface area contributed by atoms with Gasteiger partial charge >= 0.3 is 0 Å². The first-order chi connectivity index (χ1) is 6.20. The first-order valence-electron chi connectivity index (χ1n) is 6.20. The van der Waals surface area contributed by atoms with Crippen molar-refractivity contribution in [2.75, 3.05) is 0 Å². The molecule has 0 bridgehead atoms. The van der Waals surface area contributed by atoms with Crippen LogP contribution in [0.25, 0.3) is 0 Å². The molecule has 0 aromatic heterocycles. The van der Waals surface area contributed by atoms with Gasteiger partial charge in [-0.2, -0.15) is 0 Å². The highest BCUT2D eigenvalue weighted by atomic mass is 14.4. The van der Waals surface area contributed by atoms with Gasteiger partial charge in [0.15, 0.2) is 0 Å². The van der Waals surface area contributed by atoms with Gasteiger partial charge in [0.2, 0.25) is 0 Å². The minimum absolute atomic E-state index is 0.992. The third kappa shape index (κ3) is 1.65. The molecular formula is C13H24. The molecule has 13 heavy (non-hydrogen) atoms. The molecule has 0 heteroatoms. The van der Waals surface area contributed by atoms with E-state index in [2.05, 4.69) is 20.8 Å². The van der Waals surface area contributed by atoms with Gasteiger partial charge in [0, 0.05) is 0 Å². The van der Waals surface area contributed by atoms with Gasteiger partial charge in [-0.15, -0.1) is 0 Å². The van der Waals surface area contributed by atoms with Gasteiger partial charge in [-0.05, 0) is 42.4 Å². The molecule has 76 valence electrons. The molecule has 0 spiro atoms. The van der Waals surface area contributed by atoms with Crippen LogP contribution in [0.1, 0.15) is 52.9 Å². The van der Waals surface area contributed by atoms with Crippen LogP contribution in [0.5, 0.6) is 0 Å². The van der Waals surface area contributed by atoms with Gasteiger partial charge in [-0.1, -0.05) is 40.0 Å². The molecule has 0 aliphatic heterocycles. The van der Waals surface area contributed by atoms with Crippen molar-refractivity contribution in [1.82, 2.24) is 0 Å². The van der Waals surface area contributed by atoms with E-state index in [4.69, 9.17) is 0 Å². The summed E-state index contributed by atoms with van der Waals surface area (Å²) in [5.74, 6) is 5.18. The van der Waals surface area contributed by atoms with Crippen LogP contribution in [0.4, 0.5) is 0 Å². The molecule has 2 aliphatic rings.